The van der Waals surface area contributed by atoms with Crippen molar-refractivity contribution in [3.63, 3.8) is 0 Å². The number of aliphatic hydroxyl groups is 1. The molecule has 1 rings (SSSR count). The van der Waals surface area contributed by atoms with Gasteiger partial charge in [0, 0.05) is 12.6 Å². The predicted octanol–water partition coefficient (Wildman–Crippen LogP) is 1.70. The van der Waals surface area contributed by atoms with Crippen molar-refractivity contribution in [2.45, 2.75) is 57.6 Å². The van der Waals surface area contributed by atoms with E-state index >= 15 is 0 Å². The lowest BCUT2D eigenvalue weighted by atomic mass is 10.0. The monoisotopic (exact) mass is 215 g/mol. The second-order valence-corrected chi connectivity index (χ2v) is 4.41. The predicted molar refractivity (Wildman–Crippen MR) is 62.0 cm³/mol. The molecule has 0 bridgehead atoms. The molecule has 3 heteroatoms. The Morgan fingerprint density at radius 1 is 1.40 bits per heavy atom. The molecule has 1 heterocycles. The molecular formula is C12H25NO2. The number of aliphatic hydroxyl groups excluding tert-OH is 1. The van der Waals surface area contributed by atoms with Crippen LogP contribution in [0, 0.1) is 0 Å². The van der Waals surface area contributed by atoms with Crippen LogP contribution in [-0.4, -0.2) is 37.0 Å². The van der Waals surface area contributed by atoms with E-state index in [1.54, 1.807) is 0 Å². The van der Waals surface area contributed by atoms with Gasteiger partial charge >= 0.3 is 0 Å². The maximum absolute atomic E-state index is 9.84. The summed E-state index contributed by atoms with van der Waals surface area (Å²) >= 11 is 0. The van der Waals surface area contributed by atoms with Crippen molar-refractivity contribution in [1.82, 2.24) is 5.32 Å². The van der Waals surface area contributed by atoms with Crippen molar-refractivity contribution in [2.75, 3.05) is 19.8 Å². The normalized spacial score (nSPS) is 24.0. The zero-order valence-electron chi connectivity index (χ0n) is 9.87. The molecule has 2 unspecified atom stereocenters. The van der Waals surface area contributed by atoms with Gasteiger partial charge < -0.3 is 15.2 Å². The minimum atomic E-state index is -0.327. The highest BCUT2D eigenvalue weighted by Crippen LogP contribution is 2.10. The van der Waals surface area contributed by atoms with Gasteiger partial charge in [-0.15, -0.1) is 0 Å². The Morgan fingerprint density at radius 3 is 2.93 bits per heavy atom. The first-order valence-corrected chi connectivity index (χ1v) is 6.33. The molecule has 0 amide bonds. The summed E-state index contributed by atoms with van der Waals surface area (Å²) in [4.78, 5) is 0. The maximum Gasteiger partial charge on any atom is 0.0926 e. The fraction of sp³-hybridized carbons (Fsp3) is 1.00. The average Bonchev–Trinajstić information content (AvgIpc) is 2.30. The van der Waals surface area contributed by atoms with Gasteiger partial charge in [-0.3, -0.25) is 0 Å². The van der Waals surface area contributed by atoms with E-state index in [9.17, 15) is 5.11 Å². The lowest BCUT2D eigenvalue weighted by Gasteiger charge is -2.27. The van der Waals surface area contributed by atoms with Gasteiger partial charge in [0.1, 0.15) is 0 Å². The zero-order valence-corrected chi connectivity index (χ0v) is 9.87. The number of nitrogens with one attached hydrogen (secondary N) is 1. The van der Waals surface area contributed by atoms with Gasteiger partial charge in [0.2, 0.25) is 0 Å². The molecule has 3 nitrogen and oxygen atoms in total. The van der Waals surface area contributed by atoms with Crippen LogP contribution in [0.1, 0.15) is 45.4 Å². The molecule has 0 aromatic rings. The van der Waals surface area contributed by atoms with E-state index in [1.165, 1.54) is 25.7 Å². The SMILES string of the molecule is CCCCCOCC(O)C1CCCCN1. The minimum absolute atomic E-state index is 0.255. The third-order valence-electron chi connectivity index (χ3n) is 2.99. The van der Waals surface area contributed by atoms with Gasteiger partial charge in [0.15, 0.2) is 0 Å². The van der Waals surface area contributed by atoms with Gasteiger partial charge in [-0.2, -0.15) is 0 Å². The standard InChI is InChI=1S/C12H25NO2/c1-2-3-6-9-15-10-12(14)11-7-4-5-8-13-11/h11-14H,2-10H2,1H3. The minimum Gasteiger partial charge on any atom is -0.389 e. The first kappa shape index (κ1) is 12.9. The van der Waals surface area contributed by atoms with Gasteiger partial charge in [-0.05, 0) is 25.8 Å². The van der Waals surface area contributed by atoms with Gasteiger partial charge in [0.25, 0.3) is 0 Å². The summed E-state index contributed by atoms with van der Waals surface area (Å²) in [5.74, 6) is 0. The van der Waals surface area contributed by atoms with Crippen molar-refractivity contribution >= 4 is 0 Å². The Balaban J connectivity index is 1.99. The third kappa shape index (κ3) is 5.50. The molecule has 0 saturated carbocycles. The van der Waals surface area contributed by atoms with Crippen LogP contribution in [0.5, 0.6) is 0 Å². The van der Waals surface area contributed by atoms with Crippen molar-refractivity contribution in [1.29, 1.82) is 0 Å². The van der Waals surface area contributed by atoms with Crippen LogP contribution in [0.2, 0.25) is 0 Å². The molecule has 0 aromatic heterocycles. The van der Waals surface area contributed by atoms with Crippen molar-refractivity contribution in [3.05, 3.63) is 0 Å². The Kier molecular flexibility index (Phi) is 6.98. The number of unbranched alkanes of at least 4 members (excludes halogenated alkanes) is 2. The topological polar surface area (TPSA) is 41.5 Å². The Bertz CT molecular complexity index is 147. The van der Waals surface area contributed by atoms with E-state index in [-0.39, 0.29) is 12.1 Å². The highest BCUT2D eigenvalue weighted by atomic mass is 16.5. The quantitative estimate of drug-likeness (QED) is 0.635. The summed E-state index contributed by atoms with van der Waals surface area (Å²) in [5.41, 5.74) is 0. The van der Waals surface area contributed by atoms with Gasteiger partial charge in [0.05, 0.1) is 12.7 Å². The molecule has 0 radical (unpaired) electrons. The third-order valence-corrected chi connectivity index (χ3v) is 2.99. The molecule has 2 N–H and O–H groups in total. The van der Waals surface area contributed by atoms with Crippen LogP contribution in [0.25, 0.3) is 0 Å². The molecule has 1 aliphatic rings. The van der Waals surface area contributed by atoms with Crippen LogP contribution >= 0.6 is 0 Å². The molecule has 0 aromatic carbocycles. The van der Waals surface area contributed by atoms with E-state index in [1.807, 2.05) is 0 Å². The van der Waals surface area contributed by atoms with E-state index < -0.39 is 0 Å². The zero-order chi connectivity index (χ0) is 10.9. The number of hydrogen-bond donors (Lipinski definition) is 2. The van der Waals surface area contributed by atoms with E-state index in [4.69, 9.17) is 4.74 Å². The molecule has 1 saturated heterocycles. The Morgan fingerprint density at radius 2 is 2.27 bits per heavy atom. The van der Waals surface area contributed by atoms with Gasteiger partial charge in [-0.1, -0.05) is 26.2 Å². The van der Waals surface area contributed by atoms with Crippen LogP contribution < -0.4 is 5.32 Å². The van der Waals surface area contributed by atoms with Gasteiger partial charge in [-0.25, -0.2) is 0 Å². The summed E-state index contributed by atoms with van der Waals surface area (Å²) in [6, 6.07) is 0.255. The highest BCUT2D eigenvalue weighted by molar-refractivity contribution is 4.78. The first-order chi connectivity index (χ1) is 7.34. The Labute approximate surface area is 93.2 Å². The summed E-state index contributed by atoms with van der Waals surface area (Å²) in [6.07, 6.45) is 6.77. The highest BCUT2D eigenvalue weighted by Gasteiger charge is 2.20. The van der Waals surface area contributed by atoms with Crippen LogP contribution in [0.3, 0.4) is 0 Å². The molecule has 1 fully saturated rings. The average molecular weight is 215 g/mol. The van der Waals surface area contributed by atoms with E-state index in [0.29, 0.717) is 6.61 Å². The van der Waals surface area contributed by atoms with Crippen molar-refractivity contribution < 1.29 is 9.84 Å². The fourth-order valence-corrected chi connectivity index (χ4v) is 1.98. The molecular weight excluding hydrogens is 190 g/mol. The molecule has 15 heavy (non-hydrogen) atoms. The van der Waals surface area contributed by atoms with Crippen LogP contribution in [0.15, 0.2) is 0 Å². The largest absolute Gasteiger partial charge is 0.389 e. The molecule has 90 valence electrons. The van der Waals surface area contributed by atoms with Crippen molar-refractivity contribution in [2.24, 2.45) is 0 Å². The fourth-order valence-electron chi connectivity index (χ4n) is 1.98. The second kappa shape index (κ2) is 8.08. The first-order valence-electron chi connectivity index (χ1n) is 6.33. The van der Waals surface area contributed by atoms with E-state index in [0.717, 1.165) is 26.0 Å². The summed E-state index contributed by atoms with van der Waals surface area (Å²) < 4.78 is 5.46. The summed E-state index contributed by atoms with van der Waals surface area (Å²) in [6.45, 7) is 4.50. The molecule has 0 aliphatic carbocycles. The van der Waals surface area contributed by atoms with E-state index in [2.05, 4.69) is 12.2 Å². The maximum atomic E-state index is 9.84. The van der Waals surface area contributed by atoms with Crippen molar-refractivity contribution in [3.8, 4) is 0 Å². The van der Waals surface area contributed by atoms with Crippen LogP contribution in [0.4, 0.5) is 0 Å². The number of rotatable bonds is 7. The smallest absolute Gasteiger partial charge is 0.0926 e. The number of piperidine rings is 1. The summed E-state index contributed by atoms with van der Waals surface area (Å²) in [5, 5.41) is 13.2. The lowest BCUT2D eigenvalue weighted by molar-refractivity contribution is 0.0101. The summed E-state index contributed by atoms with van der Waals surface area (Å²) in [7, 11) is 0. The Hall–Kier alpha value is -0.120. The molecule has 1 aliphatic heterocycles. The number of hydrogen-bond acceptors (Lipinski definition) is 3. The molecule has 0 spiro atoms. The number of ether oxygens (including phenoxy) is 1. The second-order valence-electron chi connectivity index (χ2n) is 4.41. The molecule has 2 atom stereocenters. The van der Waals surface area contributed by atoms with Crippen LogP contribution in [-0.2, 0) is 4.74 Å². The lowest BCUT2D eigenvalue weighted by Crippen LogP contribution is -2.45.